The van der Waals surface area contributed by atoms with E-state index < -0.39 is 0 Å². The monoisotopic (exact) mass is 307 g/mol. The summed E-state index contributed by atoms with van der Waals surface area (Å²) >= 11 is 5.99. The minimum atomic E-state index is -0.0695. The summed E-state index contributed by atoms with van der Waals surface area (Å²) in [6.07, 6.45) is 5.39. The van der Waals surface area contributed by atoms with Gasteiger partial charge in [-0.1, -0.05) is 11.6 Å². The van der Waals surface area contributed by atoms with E-state index in [1.807, 2.05) is 29.8 Å². The number of hydrogen-bond acceptors (Lipinski definition) is 3. The van der Waals surface area contributed by atoms with Crippen LogP contribution in [-0.2, 0) is 14.1 Å². The number of nitrogens with one attached hydrogen (secondary N) is 1. The van der Waals surface area contributed by atoms with Crippen LogP contribution in [0.1, 0.15) is 22.4 Å². The van der Waals surface area contributed by atoms with Gasteiger partial charge in [0, 0.05) is 52.3 Å². The molecule has 1 fully saturated rings. The van der Waals surface area contributed by atoms with Crippen LogP contribution in [0.5, 0.6) is 0 Å². The first-order valence-electron chi connectivity index (χ1n) is 6.88. The van der Waals surface area contributed by atoms with Crippen molar-refractivity contribution < 1.29 is 4.79 Å². The summed E-state index contributed by atoms with van der Waals surface area (Å²) in [6.45, 7) is 2.14. The molecule has 1 N–H and O–H groups in total. The first-order chi connectivity index (χ1) is 10.1. The molecule has 1 unspecified atom stereocenters. The Labute approximate surface area is 128 Å². The van der Waals surface area contributed by atoms with E-state index >= 15 is 0 Å². The maximum atomic E-state index is 12.8. The molecule has 0 aromatic carbocycles. The second-order valence-electron chi connectivity index (χ2n) is 5.27. The molecule has 1 amide bonds. The van der Waals surface area contributed by atoms with Gasteiger partial charge in [0.1, 0.15) is 17.6 Å². The second kappa shape index (κ2) is 5.54. The van der Waals surface area contributed by atoms with Gasteiger partial charge in [0.15, 0.2) is 0 Å². The van der Waals surface area contributed by atoms with E-state index in [0.29, 0.717) is 23.8 Å². The number of piperazine rings is 1. The molecular weight excluding hydrogens is 290 g/mol. The van der Waals surface area contributed by atoms with Gasteiger partial charge in [0.25, 0.3) is 5.91 Å². The van der Waals surface area contributed by atoms with Crippen LogP contribution < -0.4 is 5.32 Å². The molecule has 112 valence electrons. The number of aryl methyl sites for hydroxylation is 2. The van der Waals surface area contributed by atoms with Crippen LogP contribution in [0, 0.1) is 0 Å². The number of imidazole rings is 1. The molecule has 0 radical (unpaired) electrons. The Morgan fingerprint density at radius 2 is 2.24 bits per heavy atom. The fourth-order valence-corrected chi connectivity index (χ4v) is 3.01. The molecule has 21 heavy (non-hydrogen) atoms. The third-order valence-corrected chi connectivity index (χ3v) is 4.06. The summed E-state index contributed by atoms with van der Waals surface area (Å²) in [5.74, 6) is 0.870. The van der Waals surface area contributed by atoms with Gasteiger partial charge in [-0.3, -0.25) is 4.79 Å². The minimum Gasteiger partial charge on any atom is -0.345 e. The summed E-state index contributed by atoms with van der Waals surface area (Å²) in [6, 6.07) is 1.64. The minimum absolute atomic E-state index is 0.0149. The van der Waals surface area contributed by atoms with E-state index in [0.717, 1.165) is 12.4 Å². The van der Waals surface area contributed by atoms with Crippen LogP contribution in [0.2, 0.25) is 5.02 Å². The quantitative estimate of drug-likeness (QED) is 0.907. The molecule has 3 rings (SSSR count). The molecule has 1 saturated heterocycles. The summed E-state index contributed by atoms with van der Waals surface area (Å²) in [4.78, 5) is 19.1. The summed E-state index contributed by atoms with van der Waals surface area (Å²) < 4.78 is 3.72. The molecule has 3 heterocycles. The van der Waals surface area contributed by atoms with Crippen molar-refractivity contribution in [2.24, 2.45) is 14.1 Å². The zero-order valence-corrected chi connectivity index (χ0v) is 12.8. The molecular formula is C14H18ClN5O. The average Bonchev–Trinajstić information content (AvgIpc) is 3.03. The average molecular weight is 308 g/mol. The molecule has 2 aromatic rings. The van der Waals surface area contributed by atoms with Crippen LogP contribution in [0.4, 0.5) is 0 Å². The SMILES string of the molecule is Cn1cc(Cl)cc1C(=O)N1CCNCC1c1nccn1C. The number of hydrogen-bond donors (Lipinski definition) is 1. The van der Waals surface area contributed by atoms with Crippen LogP contribution in [-0.4, -0.2) is 44.6 Å². The highest BCUT2D eigenvalue weighted by atomic mass is 35.5. The van der Waals surface area contributed by atoms with Gasteiger partial charge in [-0.2, -0.15) is 0 Å². The Balaban J connectivity index is 1.93. The molecule has 7 heteroatoms. The van der Waals surface area contributed by atoms with Crippen molar-refractivity contribution in [1.29, 1.82) is 0 Å². The Morgan fingerprint density at radius 3 is 2.86 bits per heavy atom. The molecule has 0 bridgehead atoms. The fraction of sp³-hybridized carbons (Fsp3) is 0.429. The first kappa shape index (κ1) is 14.2. The predicted octanol–water partition coefficient (Wildman–Crippen LogP) is 1.20. The standard InChI is InChI=1S/C14H18ClN5O/c1-18-5-4-17-13(18)12-8-16-3-6-20(12)14(21)11-7-10(15)9-19(11)2/h4-5,7,9,12,16H,3,6,8H2,1-2H3. The third-order valence-electron chi connectivity index (χ3n) is 3.85. The Morgan fingerprint density at radius 1 is 1.43 bits per heavy atom. The van der Waals surface area contributed by atoms with Crippen molar-refractivity contribution in [3.05, 3.63) is 41.2 Å². The van der Waals surface area contributed by atoms with Crippen molar-refractivity contribution >= 4 is 17.5 Å². The van der Waals surface area contributed by atoms with Crippen LogP contribution in [0.15, 0.2) is 24.7 Å². The maximum Gasteiger partial charge on any atom is 0.271 e. The van der Waals surface area contributed by atoms with Gasteiger partial charge >= 0.3 is 0 Å². The summed E-state index contributed by atoms with van der Waals surface area (Å²) in [5.41, 5.74) is 0.598. The largest absolute Gasteiger partial charge is 0.345 e. The van der Waals surface area contributed by atoms with Crippen LogP contribution in [0.25, 0.3) is 0 Å². The number of aromatic nitrogens is 3. The summed E-state index contributed by atoms with van der Waals surface area (Å²) in [7, 11) is 3.77. The third kappa shape index (κ3) is 2.56. The van der Waals surface area contributed by atoms with Crippen molar-refractivity contribution in [1.82, 2.24) is 24.3 Å². The molecule has 1 aliphatic heterocycles. The number of amides is 1. The lowest BCUT2D eigenvalue weighted by molar-refractivity contribution is 0.0611. The van der Waals surface area contributed by atoms with Crippen molar-refractivity contribution in [3.8, 4) is 0 Å². The van der Waals surface area contributed by atoms with E-state index in [1.54, 1.807) is 23.0 Å². The number of nitrogens with zero attached hydrogens (tertiary/aromatic N) is 4. The molecule has 1 atom stereocenters. The Bertz CT molecular complexity index is 662. The Kier molecular flexibility index (Phi) is 3.73. The smallest absolute Gasteiger partial charge is 0.271 e. The number of carbonyl (C=O) groups is 1. The first-order valence-corrected chi connectivity index (χ1v) is 7.26. The van der Waals surface area contributed by atoms with Gasteiger partial charge in [0.2, 0.25) is 0 Å². The van der Waals surface area contributed by atoms with Gasteiger partial charge in [-0.25, -0.2) is 4.98 Å². The summed E-state index contributed by atoms with van der Waals surface area (Å²) in [5, 5.41) is 3.90. The van der Waals surface area contributed by atoms with Gasteiger partial charge in [0.05, 0.1) is 5.02 Å². The zero-order chi connectivity index (χ0) is 15.0. The lowest BCUT2D eigenvalue weighted by atomic mass is 10.1. The normalized spacial score (nSPS) is 19.0. The highest BCUT2D eigenvalue weighted by molar-refractivity contribution is 6.31. The number of rotatable bonds is 2. The van der Waals surface area contributed by atoms with E-state index in [-0.39, 0.29) is 11.9 Å². The molecule has 2 aromatic heterocycles. The molecule has 0 aliphatic carbocycles. The van der Waals surface area contributed by atoms with E-state index in [9.17, 15) is 4.79 Å². The van der Waals surface area contributed by atoms with Crippen molar-refractivity contribution in [2.75, 3.05) is 19.6 Å². The molecule has 0 spiro atoms. The van der Waals surface area contributed by atoms with E-state index in [4.69, 9.17) is 11.6 Å². The molecule has 0 saturated carbocycles. The second-order valence-corrected chi connectivity index (χ2v) is 5.71. The Hall–Kier alpha value is -1.79. The van der Waals surface area contributed by atoms with Gasteiger partial charge in [-0.05, 0) is 6.07 Å². The van der Waals surface area contributed by atoms with Crippen molar-refractivity contribution in [3.63, 3.8) is 0 Å². The van der Waals surface area contributed by atoms with Crippen LogP contribution in [0.3, 0.4) is 0 Å². The van der Waals surface area contributed by atoms with E-state index in [1.165, 1.54) is 0 Å². The zero-order valence-electron chi connectivity index (χ0n) is 12.1. The topological polar surface area (TPSA) is 55.1 Å². The predicted molar refractivity (Wildman–Crippen MR) is 80.3 cm³/mol. The van der Waals surface area contributed by atoms with E-state index in [2.05, 4.69) is 10.3 Å². The molecule has 6 nitrogen and oxygen atoms in total. The lowest BCUT2D eigenvalue weighted by Gasteiger charge is -2.35. The highest BCUT2D eigenvalue weighted by Gasteiger charge is 2.32. The fourth-order valence-electron chi connectivity index (χ4n) is 2.76. The maximum absolute atomic E-state index is 12.8. The van der Waals surface area contributed by atoms with Crippen molar-refractivity contribution in [2.45, 2.75) is 6.04 Å². The van der Waals surface area contributed by atoms with Gasteiger partial charge in [-0.15, -0.1) is 0 Å². The number of carbonyl (C=O) groups excluding carboxylic acids is 1. The highest BCUT2D eigenvalue weighted by Crippen LogP contribution is 2.24. The lowest BCUT2D eigenvalue weighted by Crippen LogP contribution is -2.49. The number of halogens is 1. The van der Waals surface area contributed by atoms with Gasteiger partial charge < -0.3 is 19.4 Å². The van der Waals surface area contributed by atoms with Crippen LogP contribution >= 0.6 is 11.6 Å². The molecule has 1 aliphatic rings.